The first kappa shape index (κ1) is 21.0. The topological polar surface area (TPSA) is 74.1 Å². The number of piperidine rings is 1. The molecule has 2 aromatic carbocycles. The van der Waals surface area contributed by atoms with Crippen molar-refractivity contribution in [3.8, 4) is 0 Å². The van der Waals surface area contributed by atoms with Gasteiger partial charge >= 0.3 is 0 Å². The van der Waals surface area contributed by atoms with Gasteiger partial charge in [0.05, 0.1) is 0 Å². The van der Waals surface area contributed by atoms with E-state index in [1.165, 1.54) is 11.1 Å². The Labute approximate surface area is 187 Å². The van der Waals surface area contributed by atoms with Gasteiger partial charge in [-0.1, -0.05) is 47.5 Å². The summed E-state index contributed by atoms with van der Waals surface area (Å²) in [5.41, 5.74) is 8.21. The maximum Gasteiger partial charge on any atom is 0.246 e. The highest BCUT2D eigenvalue weighted by molar-refractivity contribution is 6.30. The molecule has 1 aliphatic heterocycles. The Kier molecular flexibility index (Phi) is 6.77. The zero-order valence-corrected chi connectivity index (χ0v) is 18.3. The SMILES string of the molecule is Nc1nc(N2CCC(N(CCc3ccc(Cl)cc3)Cc3cccc(Cl)c3)CC2)n[nH]1. The van der Waals surface area contributed by atoms with Crippen LogP contribution in [0.4, 0.5) is 11.9 Å². The van der Waals surface area contributed by atoms with Crippen LogP contribution in [-0.2, 0) is 13.0 Å². The quantitative estimate of drug-likeness (QED) is 0.564. The molecule has 3 aromatic rings. The molecule has 2 heterocycles. The van der Waals surface area contributed by atoms with Crippen molar-refractivity contribution >= 4 is 35.1 Å². The Morgan fingerprint density at radius 1 is 1.03 bits per heavy atom. The second kappa shape index (κ2) is 9.69. The summed E-state index contributed by atoms with van der Waals surface area (Å²) in [5, 5.41) is 8.47. The lowest BCUT2D eigenvalue weighted by Crippen LogP contribution is -2.45. The molecule has 30 heavy (non-hydrogen) atoms. The van der Waals surface area contributed by atoms with Gasteiger partial charge < -0.3 is 10.6 Å². The van der Waals surface area contributed by atoms with E-state index in [1.807, 2.05) is 24.3 Å². The van der Waals surface area contributed by atoms with Crippen molar-refractivity contribution in [3.05, 3.63) is 69.7 Å². The van der Waals surface area contributed by atoms with Crippen LogP contribution in [0.2, 0.25) is 10.0 Å². The molecule has 0 amide bonds. The number of nitrogens with zero attached hydrogens (tertiary/aromatic N) is 4. The lowest BCUT2D eigenvalue weighted by molar-refractivity contribution is 0.162. The number of aromatic amines is 1. The van der Waals surface area contributed by atoms with Crippen molar-refractivity contribution < 1.29 is 0 Å². The van der Waals surface area contributed by atoms with Gasteiger partial charge in [0.2, 0.25) is 11.9 Å². The summed E-state index contributed by atoms with van der Waals surface area (Å²) in [4.78, 5) is 9.03. The Hall–Kier alpha value is -2.28. The van der Waals surface area contributed by atoms with Crippen molar-refractivity contribution in [1.82, 2.24) is 20.1 Å². The first-order valence-corrected chi connectivity index (χ1v) is 11.0. The van der Waals surface area contributed by atoms with Crippen molar-refractivity contribution in [2.75, 3.05) is 30.3 Å². The third kappa shape index (κ3) is 5.45. The standard InChI is InChI=1S/C22H26Cl2N6/c23-18-6-4-16(5-7-18)8-11-30(15-17-2-1-3-19(24)14-17)20-9-12-29(13-10-20)22-26-21(25)27-28-22/h1-7,14,20H,8-13,15H2,(H3,25,26,27,28). The molecule has 0 radical (unpaired) electrons. The number of benzene rings is 2. The van der Waals surface area contributed by atoms with Gasteiger partial charge in [0, 0.05) is 42.3 Å². The molecule has 4 rings (SSSR count). The molecular formula is C22H26Cl2N6. The number of H-pyrrole nitrogens is 1. The summed E-state index contributed by atoms with van der Waals surface area (Å²) in [6.45, 7) is 3.68. The Morgan fingerprint density at radius 2 is 1.80 bits per heavy atom. The molecule has 0 bridgehead atoms. The van der Waals surface area contributed by atoms with E-state index in [4.69, 9.17) is 28.9 Å². The summed E-state index contributed by atoms with van der Waals surface area (Å²) in [5.74, 6) is 1.05. The van der Waals surface area contributed by atoms with Crippen molar-refractivity contribution in [2.24, 2.45) is 0 Å². The van der Waals surface area contributed by atoms with Crippen LogP contribution in [0.5, 0.6) is 0 Å². The molecule has 8 heteroatoms. The average molecular weight is 445 g/mol. The Balaban J connectivity index is 1.43. The summed E-state index contributed by atoms with van der Waals surface area (Å²) < 4.78 is 0. The van der Waals surface area contributed by atoms with Gasteiger partial charge in [-0.15, -0.1) is 5.10 Å². The fourth-order valence-corrected chi connectivity index (χ4v) is 4.36. The first-order valence-electron chi connectivity index (χ1n) is 10.2. The van der Waals surface area contributed by atoms with E-state index in [-0.39, 0.29) is 0 Å². The average Bonchev–Trinajstić information content (AvgIpc) is 3.19. The van der Waals surface area contributed by atoms with E-state index in [0.717, 1.165) is 55.5 Å². The number of halogens is 2. The predicted octanol–water partition coefficient (Wildman–Crippen LogP) is 4.41. The second-order valence-corrected chi connectivity index (χ2v) is 8.59. The molecule has 3 N–H and O–H groups in total. The lowest BCUT2D eigenvalue weighted by atomic mass is 10.0. The maximum absolute atomic E-state index is 6.23. The number of anilines is 2. The summed E-state index contributed by atoms with van der Waals surface area (Å²) in [6, 6.07) is 16.8. The predicted molar refractivity (Wildman–Crippen MR) is 123 cm³/mol. The van der Waals surface area contributed by atoms with Crippen LogP contribution in [0.1, 0.15) is 24.0 Å². The van der Waals surface area contributed by atoms with Crippen LogP contribution >= 0.6 is 23.2 Å². The smallest absolute Gasteiger partial charge is 0.246 e. The number of nitrogen functional groups attached to an aromatic ring is 1. The van der Waals surface area contributed by atoms with Crippen LogP contribution in [0.3, 0.4) is 0 Å². The largest absolute Gasteiger partial charge is 0.368 e. The molecule has 6 nitrogen and oxygen atoms in total. The van der Waals surface area contributed by atoms with Gasteiger partial charge in [0.25, 0.3) is 0 Å². The van der Waals surface area contributed by atoms with Gasteiger partial charge in [0.15, 0.2) is 0 Å². The van der Waals surface area contributed by atoms with Gasteiger partial charge in [-0.2, -0.15) is 4.98 Å². The molecule has 0 spiro atoms. The fraction of sp³-hybridized carbons (Fsp3) is 0.364. The van der Waals surface area contributed by atoms with Crippen LogP contribution < -0.4 is 10.6 Å². The third-order valence-corrected chi connectivity index (χ3v) is 6.12. The lowest BCUT2D eigenvalue weighted by Gasteiger charge is -2.38. The van der Waals surface area contributed by atoms with E-state index in [2.05, 4.69) is 49.2 Å². The van der Waals surface area contributed by atoms with E-state index in [0.29, 0.717) is 17.9 Å². The van der Waals surface area contributed by atoms with E-state index in [9.17, 15) is 0 Å². The summed E-state index contributed by atoms with van der Waals surface area (Å²) in [6.07, 6.45) is 3.08. The van der Waals surface area contributed by atoms with E-state index >= 15 is 0 Å². The van der Waals surface area contributed by atoms with Crippen LogP contribution in [-0.4, -0.2) is 45.8 Å². The summed E-state index contributed by atoms with van der Waals surface area (Å²) in [7, 11) is 0. The zero-order valence-electron chi connectivity index (χ0n) is 16.8. The molecule has 1 saturated heterocycles. The Bertz CT molecular complexity index is 950. The van der Waals surface area contributed by atoms with Gasteiger partial charge in [-0.05, 0) is 54.7 Å². The van der Waals surface area contributed by atoms with E-state index < -0.39 is 0 Å². The molecule has 0 atom stereocenters. The highest BCUT2D eigenvalue weighted by Crippen LogP contribution is 2.23. The fourth-order valence-electron chi connectivity index (χ4n) is 4.02. The normalized spacial score (nSPS) is 15.1. The molecule has 1 aromatic heterocycles. The van der Waals surface area contributed by atoms with Gasteiger partial charge in [-0.25, -0.2) is 5.10 Å². The maximum atomic E-state index is 6.23. The van der Waals surface area contributed by atoms with E-state index in [1.54, 1.807) is 0 Å². The highest BCUT2D eigenvalue weighted by atomic mass is 35.5. The molecule has 0 aliphatic carbocycles. The minimum Gasteiger partial charge on any atom is -0.368 e. The highest BCUT2D eigenvalue weighted by Gasteiger charge is 2.26. The van der Waals surface area contributed by atoms with Crippen LogP contribution in [0.25, 0.3) is 0 Å². The van der Waals surface area contributed by atoms with Crippen molar-refractivity contribution in [3.63, 3.8) is 0 Å². The molecule has 1 fully saturated rings. The molecular weight excluding hydrogens is 419 g/mol. The van der Waals surface area contributed by atoms with Crippen LogP contribution in [0, 0.1) is 0 Å². The zero-order chi connectivity index (χ0) is 20.9. The number of nitrogens with one attached hydrogen (secondary N) is 1. The number of nitrogens with two attached hydrogens (primary N) is 1. The van der Waals surface area contributed by atoms with Gasteiger partial charge in [0.1, 0.15) is 0 Å². The molecule has 0 saturated carbocycles. The first-order chi connectivity index (χ1) is 14.6. The number of hydrogen-bond donors (Lipinski definition) is 2. The molecule has 0 unspecified atom stereocenters. The monoisotopic (exact) mass is 444 g/mol. The second-order valence-electron chi connectivity index (χ2n) is 7.72. The number of rotatable bonds is 7. The molecule has 1 aliphatic rings. The third-order valence-electron chi connectivity index (χ3n) is 5.63. The molecule has 158 valence electrons. The minimum atomic E-state index is 0.359. The van der Waals surface area contributed by atoms with Gasteiger partial charge in [-0.3, -0.25) is 4.90 Å². The van der Waals surface area contributed by atoms with Crippen LogP contribution in [0.15, 0.2) is 48.5 Å². The summed E-state index contributed by atoms with van der Waals surface area (Å²) >= 11 is 12.3. The minimum absolute atomic E-state index is 0.359. The Morgan fingerprint density at radius 3 is 2.47 bits per heavy atom. The van der Waals surface area contributed by atoms with Crippen molar-refractivity contribution in [1.29, 1.82) is 0 Å². The number of aromatic nitrogens is 3. The van der Waals surface area contributed by atoms with Crippen molar-refractivity contribution in [2.45, 2.75) is 31.8 Å². The number of hydrogen-bond acceptors (Lipinski definition) is 5.